The van der Waals surface area contributed by atoms with E-state index in [0.29, 0.717) is 0 Å². The van der Waals surface area contributed by atoms with E-state index in [2.05, 4.69) is 109 Å². The van der Waals surface area contributed by atoms with Crippen LogP contribution < -0.4 is 0 Å². The Balaban J connectivity index is 1.34. The van der Waals surface area contributed by atoms with E-state index in [9.17, 15) is 0 Å². The molecule has 0 amide bonds. The highest BCUT2D eigenvalue weighted by Gasteiger charge is 2.22. The summed E-state index contributed by atoms with van der Waals surface area (Å²) in [5.41, 5.74) is 7.42. The van der Waals surface area contributed by atoms with Gasteiger partial charge in [-0.05, 0) is 45.3 Å². The van der Waals surface area contributed by atoms with Gasteiger partial charge >= 0.3 is 0 Å². The zero-order chi connectivity index (χ0) is 28.1. The third kappa shape index (κ3) is 3.17. The van der Waals surface area contributed by atoms with Gasteiger partial charge in [-0.25, -0.2) is 0 Å². The van der Waals surface area contributed by atoms with Crippen LogP contribution in [-0.4, -0.2) is 0 Å². The monoisotopic (exact) mass is 566 g/mol. The number of para-hydroxylation sites is 1. The number of rotatable bonds is 2. The Morgan fingerprint density at radius 1 is 0.395 bits per heavy atom. The van der Waals surface area contributed by atoms with Crippen LogP contribution in [0.4, 0.5) is 0 Å². The van der Waals surface area contributed by atoms with E-state index < -0.39 is 0 Å². The lowest BCUT2D eigenvalue weighted by Crippen LogP contribution is -1.90. The third-order valence-corrected chi connectivity index (χ3v) is 10.2. The first-order valence-corrected chi connectivity index (χ1v) is 15.3. The molecule has 0 saturated carbocycles. The van der Waals surface area contributed by atoms with Gasteiger partial charge in [0.2, 0.25) is 0 Å². The Hall–Kier alpha value is -5.38. The van der Waals surface area contributed by atoms with Crippen molar-refractivity contribution in [3.8, 4) is 22.3 Å². The largest absolute Gasteiger partial charge is 0.464 e. The van der Waals surface area contributed by atoms with E-state index in [1.54, 1.807) is 0 Å². The summed E-state index contributed by atoms with van der Waals surface area (Å²) in [5.74, 6) is 0. The first kappa shape index (κ1) is 23.2. The summed E-state index contributed by atoms with van der Waals surface area (Å²) in [4.78, 5) is 0. The molecule has 3 aromatic heterocycles. The Labute approximate surface area is 250 Å². The van der Waals surface area contributed by atoms with Gasteiger partial charge in [0.15, 0.2) is 0 Å². The van der Waals surface area contributed by atoms with Crippen molar-refractivity contribution in [3.63, 3.8) is 0 Å². The van der Waals surface area contributed by atoms with Crippen LogP contribution in [0.3, 0.4) is 0 Å². The molecule has 0 atom stereocenters. The predicted octanol–water partition coefficient (Wildman–Crippen LogP) is 12.3. The van der Waals surface area contributed by atoms with Crippen molar-refractivity contribution in [2.75, 3.05) is 0 Å². The van der Waals surface area contributed by atoms with Crippen molar-refractivity contribution in [1.82, 2.24) is 0 Å². The number of thiophene rings is 1. The topological polar surface area (TPSA) is 26.3 Å². The van der Waals surface area contributed by atoms with Crippen LogP contribution in [-0.2, 0) is 0 Å². The van der Waals surface area contributed by atoms with E-state index in [1.807, 2.05) is 35.8 Å². The van der Waals surface area contributed by atoms with Gasteiger partial charge in [0.1, 0.15) is 16.7 Å². The van der Waals surface area contributed by atoms with E-state index in [4.69, 9.17) is 8.83 Å². The fourth-order valence-electron chi connectivity index (χ4n) is 7.09. The average Bonchev–Trinajstić information content (AvgIpc) is 3.75. The van der Waals surface area contributed by atoms with Gasteiger partial charge in [-0.2, -0.15) is 0 Å². The molecule has 7 aromatic carbocycles. The fourth-order valence-corrected chi connectivity index (χ4v) is 8.32. The number of hydrogen-bond donors (Lipinski definition) is 0. The highest BCUT2D eigenvalue weighted by atomic mass is 32.1. The van der Waals surface area contributed by atoms with Crippen molar-refractivity contribution < 1.29 is 8.83 Å². The fraction of sp³-hybridized carbons (Fsp3) is 0. The molecular weight excluding hydrogens is 545 g/mol. The van der Waals surface area contributed by atoms with Crippen molar-refractivity contribution in [2.24, 2.45) is 0 Å². The molecule has 10 rings (SSSR count). The van der Waals surface area contributed by atoms with Gasteiger partial charge in [-0.3, -0.25) is 0 Å². The molecular formula is C40H22O2S. The molecule has 0 unspecified atom stereocenters. The lowest BCUT2D eigenvalue weighted by atomic mass is 9.85. The van der Waals surface area contributed by atoms with Gasteiger partial charge in [0.05, 0.1) is 6.26 Å². The van der Waals surface area contributed by atoms with Gasteiger partial charge < -0.3 is 8.83 Å². The van der Waals surface area contributed by atoms with Crippen LogP contribution in [0.15, 0.2) is 142 Å². The van der Waals surface area contributed by atoms with E-state index in [1.165, 1.54) is 58.4 Å². The van der Waals surface area contributed by atoms with E-state index >= 15 is 0 Å². The summed E-state index contributed by atoms with van der Waals surface area (Å²) in [7, 11) is 0. The molecule has 0 bridgehead atoms. The van der Waals surface area contributed by atoms with E-state index in [-0.39, 0.29) is 0 Å². The predicted molar refractivity (Wildman–Crippen MR) is 182 cm³/mol. The second-order valence-corrected chi connectivity index (χ2v) is 12.3. The Morgan fingerprint density at radius 2 is 1.00 bits per heavy atom. The second-order valence-electron chi connectivity index (χ2n) is 11.2. The van der Waals surface area contributed by atoms with Crippen LogP contribution in [0, 0.1) is 0 Å². The van der Waals surface area contributed by atoms with Crippen LogP contribution in [0.1, 0.15) is 0 Å². The highest BCUT2D eigenvalue weighted by molar-refractivity contribution is 7.26. The number of benzene rings is 7. The maximum Gasteiger partial charge on any atom is 0.139 e. The SMILES string of the molecule is c1ccc2c(c1)oc1cc3occ(-c4c5ccccc5c(-c5cccc6c5sc5ccccc56)c5ccccc45)c3cc12. The number of fused-ring (bicyclic) bond motifs is 9. The molecule has 0 aliphatic heterocycles. The molecule has 200 valence electrons. The molecule has 0 N–H and O–H groups in total. The summed E-state index contributed by atoms with van der Waals surface area (Å²) in [5, 5.41) is 10.9. The molecule has 3 heterocycles. The summed E-state index contributed by atoms with van der Waals surface area (Å²) in [6.45, 7) is 0. The Morgan fingerprint density at radius 3 is 1.74 bits per heavy atom. The smallest absolute Gasteiger partial charge is 0.139 e. The number of hydrogen-bond acceptors (Lipinski definition) is 3. The zero-order valence-corrected chi connectivity index (χ0v) is 23.7. The maximum absolute atomic E-state index is 6.25. The maximum atomic E-state index is 6.25. The first-order valence-electron chi connectivity index (χ1n) is 14.5. The summed E-state index contributed by atoms with van der Waals surface area (Å²) in [6.07, 6.45) is 1.92. The minimum Gasteiger partial charge on any atom is -0.464 e. The molecule has 0 radical (unpaired) electrons. The average molecular weight is 567 g/mol. The third-order valence-electron chi connectivity index (χ3n) is 8.95. The summed E-state index contributed by atoms with van der Waals surface area (Å²) >= 11 is 1.88. The van der Waals surface area contributed by atoms with E-state index in [0.717, 1.165) is 38.5 Å². The Kier molecular flexibility index (Phi) is 4.63. The van der Waals surface area contributed by atoms with Crippen molar-refractivity contribution in [3.05, 3.63) is 134 Å². The molecule has 2 nitrogen and oxygen atoms in total. The van der Waals surface area contributed by atoms with Gasteiger partial charge in [-0.1, -0.05) is 103 Å². The summed E-state index contributed by atoms with van der Waals surface area (Å²) in [6, 6.07) is 45.7. The molecule has 0 saturated heterocycles. The molecule has 3 heteroatoms. The highest BCUT2D eigenvalue weighted by Crippen LogP contribution is 2.49. The molecule has 10 aromatic rings. The standard InChI is InChI=1S/C40H22O2S/c1-3-14-27-25(12-1)38(30-17-9-16-29-24-11-6-8-19-37(24)43-40(29)30)26-13-2-4-15-28(26)39(27)33-22-41-35-21-36-31(20-32(33)35)23-10-5-7-18-34(23)42-36/h1-22H. The molecule has 0 aliphatic carbocycles. The van der Waals surface area contributed by atoms with Crippen LogP contribution >= 0.6 is 11.3 Å². The van der Waals surface area contributed by atoms with Gasteiger partial charge in [0.25, 0.3) is 0 Å². The minimum absolute atomic E-state index is 0.828. The van der Waals surface area contributed by atoms with Crippen molar-refractivity contribution >= 4 is 86.0 Å². The van der Waals surface area contributed by atoms with Gasteiger partial charge in [0, 0.05) is 59.1 Å². The molecule has 43 heavy (non-hydrogen) atoms. The Bertz CT molecular complexity index is 2680. The lowest BCUT2D eigenvalue weighted by molar-refractivity contribution is 0.614. The quantitative estimate of drug-likeness (QED) is 0.195. The normalized spacial score (nSPS) is 12.2. The minimum atomic E-state index is 0.828. The second kappa shape index (κ2) is 8.57. The molecule has 0 spiro atoms. The van der Waals surface area contributed by atoms with Crippen LogP contribution in [0.25, 0.3) is 96.9 Å². The first-order chi connectivity index (χ1) is 21.3. The van der Waals surface area contributed by atoms with Gasteiger partial charge in [-0.15, -0.1) is 11.3 Å². The van der Waals surface area contributed by atoms with Crippen molar-refractivity contribution in [1.29, 1.82) is 0 Å². The van der Waals surface area contributed by atoms with Crippen LogP contribution in [0.5, 0.6) is 0 Å². The number of furan rings is 2. The molecule has 0 fully saturated rings. The molecule has 0 aliphatic rings. The van der Waals surface area contributed by atoms with Crippen LogP contribution in [0.2, 0.25) is 0 Å². The zero-order valence-electron chi connectivity index (χ0n) is 22.9. The van der Waals surface area contributed by atoms with Crippen molar-refractivity contribution in [2.45, 2.75) is 0 Å². The lowest BCUT2D eigenvalue weighted by Gasteiger charge is -2.17. The summed E-state index contributed by atoms with van der Waals surface area (Å²) < 4.78 is 15.1.